The van der Waals surface area contributed by atoms with Gasteiger partial charge in [0.25, 0.3) is 0 Å². The summed E-state index contributed by atoms with van der Waals surface area (Å²) in [5.74, 6) is -1.38. The largest absolute Gasteiger partial charge is 0.466 e. The molecule has 2 amide bonds. The van der Waals surface area contributed by atoms with Gasteiger partial charge in [0.05, 0.1) is 23.2 Å². The smallest absolute Gasteiger partial charge is 0.311 e. The first-order valence-electron chi connectivity index (χ1n) is 13.5. The lowest BCUT2D eigenvalue weighted by atomic mass is 9.66. The van der Waals surface area contributed by atoms with Gasteiger partial charge in [-0.05, 0) is 58.8 Å². The standard InChI is InChI=1S/C27H42N2O5S/c1-4-16-28(19-12-8-6-9-13-19)24(32)22-27-15-14-26(3,35-27)21(25(33)34-5-2)20(27)23(31)29(22)17-10-7-11-18-30/h4,19-22,30H,1,5-18H2,2-3H3/t20-,21-,22?,26+,27?/m0/s1. The number of esters is 1. The Morgan fingerprint density at radius 2 is 1.97 bits per heavy atom. The number of nitrogens with zero attached hydrogens (tertiary/aromatic N) is 2. The molecule has 1 saturated carbocycles. The molecule has 1 aliphatic carbocycles. The molecule has 0 aromatic heterocycles. The first kappa shape index (κ1) is 26.5. The van der Waals surface area contributed by atoms with Crippen LogP contribution in [0.2, 0.25) is 0 Å². The number of unbranched alkanes of at least 4 members (excludes halogenated alkanes) is 2. The summed E-state index contributed by atoms with van der Waals surface area (Å²) < 4.78 is 4.48. The van der Waals surface area contributed by atoms with Gasteiger partial charge in [-0.2, -0.15) is 0 Å². The highest BCUT2D eigenvalue weighted by molar-refractivity contribution is 8.02. The minimum Gasteiger partial charge on any atom is -0.466 e. The van der Waals surface area contributed by atoms with E-state index in [1.807, 2.05) is 4.90 Å². The predicted molar refractivity (Wildman–Crippen MR) is 137 cm³/mol. The number of hydrogen-bond donors (Lipinski definition) is 1. The monoisotopic (exact) mass is 506 g/mol. The van der Waals surface area contributed by atoms with Gasteiger partial charge in [-0.15, -0.1) is 18.3 Å². The molecule has 1 N–H and O–H groups in total. The van der Waals surface area contributed by atoms with Crippen LogP contribution >= 0.6 is 11.8 Å². The molecular weight excluding hydrogens is 464 g/mol. The van der Waals surface area contributed by atoms with Gasteiger partial charge >= 0.3 is 5.97 Å². The quantitative estimate of drug-likeness (QED) is 0.262. The molecule has 8 heteroatoms. The normalized spacial score (nSPS) is 34.2. The van der Waals surface area contributed by atoms with Crippen molar-refractivity contribution in [1.82, 2.24) is 9.80 Å². The van der Waals surface area contributed by atoms with E-state index >= 15 is 0 Å². The van der Waals surface area contributed by atoms with Crippen molar-refractivity contribution < 1.29 is 24.2 Å². The predicted octanol–water partition coefficient (Wildman–Crippen LogP) is 3.54. The molecule has 4 fully saturated rings. The van der Waals surface area contributed by atoms with Gasteiger partial charge in [-0.25, -0.2) is 0 Å². The number of carbonyl (C=O) groups is 3. The number of ether oxygens (including phenoxy) is 1. The Kier molecular flexibility index (Phi) is 8.21. The van der Waals surface area contributed by atoms with E-state index in [1.165, 1.54) is 6.42 Å². The number of likely N-dealkylation sites (tertiary alicyclic amines) is 1. The second kappa shape index (κ2) is 10.8. The summed E-state index contributed by atoms with van der Waals surface area (Å²) in [6, 6.07) is -0.390. The fourth-order valence-electron chi connectivity index (χ4n) is 7.21. The highest BCUT2D eigenvalue weighted by atomic mass is 32.2. The third-order valence-electron chi connectivity index (χ3n) is 8.73. The molecule has 4 aliphatic rings. The number of fused-ring (bicyclic) bond motifs is 1. The third-order valence-corrected chi connectivity index (χ3v) is 10.7. The van der Waals surface area contributed by atoms with Gasteiger partial charge in [0.2, 0.25) is 11.8 Å². The van der Waals surface area contributed by atoms with Crippen LogP contribution in [-0.4, -0.2) is 80.6 Å². The number of hydrogen-bond acceptors (Lipinski definition) is 6. The number of amides is 2. The Morgan fingerprint density at radius 1 is 1.23 bits per heavy atom. The second-order valence-electron chi connectivity index (χ2n) is 10.9. The van der Waals surface area contributed by atoms with Crippen LogP contribution in [-0.2, 0) is 19.1 Å². The van der Waals surface area contributed by atoms with Gasteiger partial charge < -0.3 is 19.6 Å². The molecule has 0 aromatic carbocycles. The molecule has 35 heavy (non-hydrogen) atoms. The Hall–Kier alpha value is -1.54. The van der Waals surface area contributed by atoms with E-state index in [0.717, 1.165) is 51.4 Å². The zero-order valence-corrected chi connectivity index (χ0v) is 22.2. The Balaban J connectivity index is 1.70. The number of thioether (sulfide) groups is 1. The minimum atomic E-state index is -0.592. The van der Waals surface area contributed by atoms with E-state index in [-0.39, 0.29) is 41.8 Å². The molecular formula is C27H42N2O5S. The SMILES string of the molecule is C=CCN(C(=O)C1N(CCCCCO)C(=O)[C@@H]2[C@@H](C(=O)OCC)[C@@]3(C)CCC12S3)C1CCCCC1. The summed E-state index contributed by atoms with van der Waals surface area (Å²) in [5, 5.41) is 9.21. The molecule has 7 nitrogen and oxygen atoms in total. The third kappa shape index (κ3) is 4.54. The Bertz CT molecular complexity index is 830. The molecule has 2 unspecified atom stereocenters. The van der Waals surface area contributed by atoms with Crippen LogP contribution in [0, 0.1) is 11.8 Å². The van der Waals surface area contributed by atoms with Crippen LogP contribution in [0.25, 0.3) is 0 Å². The molecule has 4 rings (SSSR count). The van der Waals surface area contributed by atoms with E-state index < -0.39 is 22.6 Å². The Morgan fingerprint density at radius 3 is 2.63 bits per heavy atom. The minimum absolute atomic E-state index is 0.0241. The van der Waals surface area contributed by atoms with Crippen LogP contribution < -0.4 is 0 Å². The van der Waals surface area contributed by atoms with Gasteiger partial charge in [0.1, 0.15) is 6.04 Å². The topological polar surface area (TPSA) is 87.2 Å². The summed E-state index contributed by atoms with van der Waals surface area (Å²) in [6.07, 6.45) is 11.0. The van der Waals surface area contributed by atoms with Crippen molar-refractivity contribution in [2.75, 3.05) is 26.3 Å². The van der Waals surface area contributed by atoms with Crippen molar-refractivity contribution in [2.45, 2.75) is 99.6 Å². The molecule has 0 aromatic rings. The molecule has 5 atom stereocenters. The average Bonchev–Trinajstić information content (AvgIpc) is 3.41. The summed E-state index contributed by atoms with van der Waals surface area (Å²) in [6.45, 7) is 9.16. The first-order chi connectivity index (χ1) is 16.8. The maximum atomic E-state index is 14.4. The van der Waals surface area contributed by atoms with Gasteiger partial charge in [-0.3, -0.25) is 14.4 Å². The number of rotatable bonds is 11. The lowest BCUT2D eigenvalue weighted by molar-refractivity contribution is -0.155. The van der Waals surface area contributed by atoms with Crippen LogP contribution in [0.4, 0.5) is 0 Å². The summed E-state index contributed by atoms with van der Waals surface area (Å²) in [5.41, 5.74) is 0. The van der Waals surface area contributed by atoms with E-state index in [9.17, 15) is 19.5 Å². The first-order valence-corrected chi connectivity index (χ1v) is 14.4. The summed E-state index contributed by atoms with van der Waals surface area (Å²) >= 11 is 1.71. The van der Waals surface area contributed by atoms with Crippen molar-refractivity contribution in [2.24, 2.45) is 11.8 Å². The fraction of sp³-hybridized carbons (Fsp3) is 0.815. The van der Waals surface area contributed by atoms with Crippen LogP contribution in [0.3, 0.4) is 0 Å². The number of carbonyl (C=O) groups excluding carboxylic acids is 3. The van der Waals surface area contributed by atoms with Crippen molar-refractivity contribution in [1.29, 1.82) is 0 Å². The molecule has 196 valence electrons. The zero-order chi connectivity index (χ0) is 25.2. The zero-order valence-electron chi connectivity index (χ0n) is 21.4. The van der Waals surface area contributed by atoms with Gasteiger partial charge in [0.15, 0.2) is 0 Å². The molecule has 3 aliphatic heterocycles. The van der Waals surface area contributed by atoms with Crippen molar-refractivity contribution >= 4 is 29.5 Å². The van der Waals surface area contributed by atoms with E-state index in [2.05, 4.69) is 13.5 Å². The highest BCUT2D eigenvalue weighted by Crippen LogP contribution is 2.71. The van der Waals surface area contributed by atoms with Crippen LogP contribution in [0.1, 0.15) is 78.1 Å². The lowest BCUT2D eigenvalue weighted by Gasteiger charge is -2.41. The van der Waals surface area contributed by atoms with Crippen LogP contribution in [0.15, 0.2) is 12.7 Å². The maximum absolute atomic E-state index is 14.4. The highest BCUT2D eigenvalue weighted by Gasteiger charge is 2.77. The molecule has 0 radical (unpaired) electrons. The van der Waals surface area contributed by atoms with E-state index in [0.29, 0.717) is 19.5 Å². The molecule has 3 heterocycles. The fourth-order valence-corrected chi connectivity index (χ4v) is 9.55. The van der Waals surface area contributed by atoms with Crippen molar-refractivity contribution in [3.05, 3.63) is 12.7 Å². The maximum Gasteiger partial charge on any atom is 0.311 e. The van der Waals surface area contributed by atoms with Gasteiger partial charge in [0, 0.05) is 30.5 Å². The van der Waals surface area contributed by atoms with Crippen molar-refractivity contribution in [3.8, 4) is 0 Å². The van der Waals surface area contributed by atoms with E-state index in [4.69, 9.17) is 4.74 Å². The van der Waals surface area contributed by atoms with Crippen molar-refractivity contribution in [3.63, 3.8) is 0 Å². The molecule has 1 spiro atoms. The van der Waals surface area contributed by atoms with E-state index in [1.54, 1.807) is 29.7 Å². The second-order valence-corrected chi connectivity index (χ2v) is 12.8. The average molecular weight is 507 g/mol. The van der Waals surface area contributed by atoms with Crippen LogP contribution in [0.5, 0.6) is 0 Å². The summed E-state index contributed by atoms with van der Waals surface area (Å²) in [4.78, 5) is 45.4. The lowest BCUT2D eigenvalue weighted by Crippen LogP contribution is -2.57. The number of aliphatic hydroxyl groups excluding tert-OH is 1. The number of aliphatic hydroxyl groups is 1. The molecule has 3 saturated heterocycles. The molecule has 2 bridgehead atoms. The summed E-state index contributed by atoms with van der Waals surface area (Å²) in [7, 11) is 0. The van der Waals surface area contributed by atoms with Gasteiger partial charge in [-0.1, -0.05) is 25.3 Å². The Labute approximate surface area is 214 Å².